The molecule has 1 aromatic carbocycles. The molecule has 0 heterocycles. The van der Waals surface area contributed by atoms with E-state index in [0.29, 0.717) is 25.0 Å². The minimum Gasteiger partial charge on any atom is -0.287 e. The maximum absolute atomic E-state index is 11.7. The summed E-state index contributed by atoms with van der Waals surface area (Å²) in [6, 6.07) is 9.58. The first kappa shape index (κ1) is 14.9. The molecule has 1 rings (SSSR count). The number of benzene rings is 1. The monoisotopic (exact) mass is 270 g/mol. The first-order valence-corrected chi connectivity index (χ1v) is 6.88. The highest BCUT2D eigenvalue weighted by atomic mass is 32.2. The highest BCUT2D eigenvalue weighted by Crippen LogP contribution is 2.12. The summed E-state index contributed by atoms with van der Waals surface area (Å²) in [5.41, 5.74) is 1.01. The number of hydrogen-bond acceptors (Lipinski definition) is 2. The van der Waals surface area contributed by atoms with Crippen LogP contribution in [0.1, 0.15) is 24.8 Å². The Balaban J connectivity index is 2.09. The molecule has 0 saturated heterocycles. The van der Waals surface area contributed by atoms with E-state index in [1.807, 2.05) is 30.3 Å². The van der Waals surface area contributed by atoms with Gasteiger partial charge in [-0.2, -0.15) is 8.78 Å². The van der Waals surface area contributed by atoms with Gasteiger partial charge in [0, 0.05) is 12.2 Å². The normalized spacial score (nSPS) is 10.1. The summed E-state index contributed by atoms with van der Waals surface area (Å²) < 4.78 is 23.4. The second-order valence-electron chi connectivity index (χ2n) is 3.87. The Labute approximate surface area is 110 Å². The fourth-order valence-corrected chi connectivity index (χ4v) is 2.30. The van der Waals surface area contributed by atoms with Crippen molar-refractivity contribution >= 4 is 16.9 Å². The second-order valence-corrected chi connectivity index (χ2v) is 5.02. The van der Waals surface area contributed by atoms with Crippen molar-refractivity contribution in [1.82, 2.24) is 0 Å². The predicted molar refractivity (Wildman–Crippen MR) is 71.8 cm³/mol. The third-order valence-electron chi connectivity index (χ3n) is 2.35. The Morgan fingerprint density at radius 1 is 1.17 bits per heavy atom. The van der Waals surface area contributed by atoms with E-state index in [9.17, 15) is 13.6 Å². The van der Waals surface area contributed by atoms with E-state index < -0.39 is 6.08 Å². The van der Waals surface area contributed by atoms with Crippen LogP contribution in [0, 0.1) is 0 Å². The SMILES string of the molecule is O=C(Cc1ccccc1)SCCCCC=C(F)F. The maximum atomic E-state index is 11.7. The summed E-state index contributed by atoms with van der Waals surface area (Å²) in [6.45, 7) is 0. The van der Waals surface area contributed by atoms with Crippen molar-refractivity contribution in [3.8, 4) is 0 Å². The molecule has 0 aliphatic rings. The van der Waals surface area contributed by atoms with Gasteiger partial charge in [0.15, 0.2) is 5.12 Å². The summed E-state index contributed by atoms with van der Waals surface area (Å²) >= 11 is 1.28. The number of rotatable bonds is 7. The molecule has 0 aliphatic heterocycles. The van der Waals surface area contributed by atoms with Crippen LogP contribution in [0.4, 0.5) is 8.78 Å². The van der Waals surface area contributed by atoms with Crippen molar-refractivity contribution in [2.75, 3.05) is 5.75 Å². The molecular weight excluding hydrogens is 254 g/mol. The Bertz CT molecular complexity index is 386. The lowest BCUT2D eigenvalue weighted by Crippen LogP contribution is -1.98. The van der Waals surface area contributed by atoms with Crippen molar-refractivity contribution in [1.29, 1.82) is 0 Å². The highest BCUT2D eigenvalue weighted by molar-refractivity contribution is 8.13. The molecule has 0 spiro atoms. The van der Waals surface area contributed by atoms with E-state index in [0.717, 1.165) is 18.1 Å². The van der Waals surface area contributed by atoms with Gasteiger partial charge in [0.25, 0.3) is 6.08 Å². The van der Waals surface area contributed by atoms with Gasteiger partial charge in [-0.25, -0.2) is 0 Å². The molecule has 98 valence electrons. The first-order valence-electron chi connectivity index (χ1n) is 5.89. The Morgan fingerprint density at radius 2 is 1.89 bits per heavy atom. The van der Waals surface area contributed by atoms with Crippen LogP contribution in [0.3, 0.4) is 0 Å². The number of carbonyl (C=O) groups excluding carboxylic acids is 1. The number of thioether (sulfide) groups is 1. The van der Waals surface area contributed by atoms with Gasteiger partial charge in [0.2, 0.25) is 0 Å². The molecule has 4 heteroatoms. The fourth-order valence-electron chi connectivity index (χ4n) is 1.46. The molecule has 0 aliphatic carbocycles. The van der Waals surface area contributed by atoms with Gasteiger partial charge < -0.3 is 0 Å². The van der Waals surface area contributed by atoms with E-state index >= 15 is 0 Å². The molecule has 1 aromatic rings. The Hall–Kier alpha value is -1.16. The zero-order valence-corrected chi connectivity index (χ0v) is 10.9. The molecule has 0 unspecified atom stereocenters. The van der Waals surface area contributed by atoms with Gasteiger partial charge in [-0.1, -0.05) is 42.1 Å². The van der Waals surface area contributed by atoms with Gasteiger partial charge in [-0.3, -0.25) is 4.79 Å². The first-order chi connectivity index (χ1) is 8.68. The Kier molecular flexibility index (Phi) is 7.34. The summed E-state index contributed by atoms with van der Waals surface area (Å²) in [6.07, 6.45) is 1.61. The zero-order chi connectivity index (χ0) is 13.2. The molecule has 0 aromatic heterocycles. The van der Waals surface area contributed by atoms with Crippen LogP contribution in [0.5, 0.6) is 0 Å². The van der Waals surface area contributed by atoms with Crippen LogP contribution < -0.4 is 0 Å². The topological polar surface area (TPSA) is 17.1 Å². The number of halogens is 2. The number of unbranched alkanes of at least 4 members (excludes halogenated alkanes) is 2. The van der Waals surface area contributed by atoms with Crippen molar-refractivity contribution in [2.24, 2.45) is 0 Å². The summed E-state index contributed by atoms with van der Waals surface area (Å²) in [4.78, 5) is 11.6. The smallest absolute Gasteiger partial charge is 0.266 e. The van der Waals surface area contributed by atoms with Crippen molar-refractivity contribution < 1.29 is 13.6 Å². The lowest BCUT2D eigenvalue weighted by atomic mass is 10.2. The number of carbonyl (C=O) groups is 1. The standard InChI is InChI=1S/C14H16F2OS/c15-13(16)9-5-2-6-10-18-14(17)11-12-7-3-1-4-8-12/h1,3-4,7-9H,2,5-6,10-11H2. The van der Waals surface area contributed by atoms with Gasteiger partial charge in [-0.15, -0.1) is 0 Å². The number of allylic oxidation sites excluding steroid dienone is 1. The van der Waals surface area contributed by atoms with Crippen LogP contribution >= 0.6 is 11.8 Å². The van der Waals surface area contributed by atoms with Crippen molar-refractivity contribution in [3.63, 3.8) is 0 Å². The van der Waals surface area contributed by atoms with E-state index in [1.165, 1.54) is 11.8 Å². The van der Waals surface area contributed by atoms with Crippen LogP contribution in [-0.4, -0.2) is 10.9 Å². The minimum absolute atomic E-state index is 0.133. The molecule has 0 atom stereocenters. The molecule has 0 radical (unpaired) electrons. The minimum atomic E-state index is -1.62. The molecule has 0 fully saturated rings. The van der Waals surface area contributed by atoms with Crippen LogP contribution in [0.2, 0.25) is 0 Å². The molecule has 1 nitrogen and oxygen atoms in total. The van der Waals surface area contributed by atoms with E-state index in [2.05, 4.69) is 0 Å². The van der Waals surface area contributed by atoms with Gasteiger partial charge in [0.05, 0.1) is 0 Å². The molecule has 0 N–H and O–H groups in total. The van der Waals surface area contributed by atoms with Crippen LogP contribution in [-0.2, 0) is 11.2 Å². The number of hydrogen-bond donors (Lipinski definition) is 0. The Morgan fingerprint density at radius 3 is 2.56 bits per heavy atom. The van der Waals surface area contributed by atoms with Crippen molar-refractivity contribution in [2.45, 2.75) is 25.7 Å². The maximum Gasteiger partial charge on any atom is 0.266 e. The molecule has 0 amide bonds. The largest absolute Gasteiger partial charge is 0.287 e. The average Bonchev–Trinajstić information content (AvgIpc) is 2.34. The lowest BCUT2D eigenvalue weighted by molar-refractivity contribution is -0.110. The highest BCUT2D eigenvalue weighted by Gasteiger charge is 2.03. The average molecular weight is 270 g/mol. The third kappa shape index (κ3) is 7.22. The molecular formula is C14H16F2OS. The van der Waals surface area contributed by atoms with Gasteiger partial charge in [-0.05, 0) is 30.9 Å². The summed E-state index contributed by atoms with van der Waals surface area (Å²) in [5, 5.41) is 0.133. The summed E-state index contributed by atoms with van der Waals surface area (Å²) in [5.74, 6) is 0.702. The molecule has 18 heavy (non-hydrogen) atoms. The van der Waals surface area contributed by atoms with E-state index in [-0.39, 0.29) is 5.12 Å². The van der Waals surface area contributed by atoms with Crippen LogP contribution in [0.25, 0.3) is 0 Å². The molecule has 0 bridgehead atoms. The second kappa shape index (κ2) is 8.86. The van der Waals surface area contributed by atoms with Gasteiger partial charge in [0.1, 0.15) is 0 Å². The quantitative estimate of drug-likeness (QED) is 0.681. The molecule has 0 saturated carbocycles. The van der Waals surface area contributed by atoms with Crippen LogP contribution in [0.15, 0.2) is 42.5 Å². The lowest BCUT2D eigenvalue weighted by Gasteiger charge is -2.00. The summed E-state index contributed by atoms with van der Waals surface area (Å²) in [7, 11) is 0. The third-order valence-corrected chi connectivity index (χ3v) is 3.31. The van der Waals surface area contributed by atoms with Gasteiger partial charge >= 0.3 is 0 Å². The van der Waals surface area contributed by atoms with Crippen molar-refractivity contribution in [3.05, 3.63) is 48.1 Å². The fraction of sp³-hybridized carbons (Fsp3) is 0.357. The predicted octanol–water partition coefficient (Wildman–Crippen LogP) is 4.44. The zero-order valence-electron chi connectivity index (χ0n) is 10.1. The van der Waals surface area contributed by atoms with E-state index in [4.69, 9.17) is 0 Å². The van der Waals surface area contributed by atoms with E-state index in [1.54, 1.807) is 0 Å².